The summed E-state index contributed by atoms with van der Waals surface area (Å²) in [5.74, 6) is -0.201. The number of aliphatic hydroxyl groups excluding tert-OH is 1. The van der Waals surface area contributed by atoms with Gasteiger partial charge in [0.05, 0.1) is 16.6 Å². The second-order valence-electron chi connectivity index (χ2n) is 3.43. The molecule has 1 aromatic carbocycles. The average Bonchev–Trinajstić information content (AvgIpc) is 2.36. The molecule has 92 valence electrons. The molecule has 1 aromatic rings. The minimum absolute atomic E-state index is 0.165. The maximum Gasteiger partial charge on any atom is 0.316 e. The van der Waals surface area contributed by atoms with Gasteiger partial charge in [-0.25, -0.2) is 0 Å². The van der Waals surface area contributed by atoms with Crippen molar-refractivity contribution in [1.29, 1.82) is 0 Å². The molecule has 17 heavy (non-hydrogen) atoms. The fourth-order valence-electron chi connectivity index (χ4n) is 1.08. The molecule has 0 aliphatic carbocycles. The van der Waals surface area contributed by atoms with Gasteiger partial charge in [-0.15, -0.1) is 11.8 Å². The van der Waals surface area contributed by atoms with Crippen LogP contribution in [0, 0.1) is 0 Å². The Bertz CT molecular complexity index is 379. The van der Waals surface area contributed by atoms with Crippen LogP contribution in [0.4, 0.5) is 0 Å². The summed E-state index contributed by atoms with van der Waals surface area (Å²) >= 11 is 6.45. The number of hydrogen-bond acceptors (Lipinski definition) is 5. The predicted octanol–water partition coefficient (Wildman–Crippen LogP) is 2.02. The van der Waals surface area contributed by atoms with Crippen molar-refractivity contribution >= 4 is 34.1 Å². The molecule has 0 amide bonds. The van der Waals surface area contributed by atoms with Gasteiger partial charge >= 0.3 is 5.97 Å². The van der Waals surface area contributed by atoms with Crippen molar-refractivity contribution in [2.24, 2.45) is 0 Å². The number of hydrogen-bond donors (Lipinski definition) is 1. The van der Waals surface area contributed by atoms with Crippen molar-refractivity contribution in [1.82, 2.24) is 0 Å². The van der Waals surface area contributed by atoms with Crippen LogP contribution in [0.5, 0.6) is 0 Å². The quantitative estimate of drug-likeness (QED) is 0.655. The van der Waals surface area contributed by atoms with Crippen LogP contribution in [-0.4, -0.2) is 33.7 Å². The second kappa shape index (κ2) is 7.42. The summed E-state index contributed by atoms with van der Waals surface area (Å²) < 4.78 is 5.58. The number of ether oxygens (including phenoxy) is 1. The zero-order valence-electron chi connectivity index (χ0n) is 9.46. The summed E-state index contributed by atoms with van der Waals surface area (Å²) in [6.07, 6.45) is -0.464. The van der Waals surface area contributed by atoms with Gasteiger partial charge in [0, 0.05) is 0 Å². The van der Waals surface area contributed by atoms with E-state index < -0.39 is 6.10 Å². The molecule has 0 heterocycles. The van der Waals surface area contributed by atoms with Gasteiger partial charge in [0.1, 0.15) is 6.10 Å². The van der Waals surface area contributed by atoms with Crippen LogP contribution in [0.3, 0.4) is 0 Å². The van der Waals surface area contributed by atoms with Crippen LogP contribution in [0.25, 0.3) is 0 Å². The van der Waals surface area contributed by atoms with Gasteiger partial charge in [-0.1, -0.05) is 42.5 Å². The first kappa shape index (κ1) is 14.2. The molecule has 0 aromatic heterocycles. The van der Waals surface area contributed by atoms with E-state index in [-0.39, 0.29) is 18.3 Å². The van der Waals surface area contributed by atoms with Crippen molar-refractivity contribution in [3.05, 3.63) is 35.9 Å². The van der Waals surface area contributed by atoms with Gasteiger partial charge in [-0.3, -0.25) is 4.79 Å². The van der Waals surface area contributed by atoms with Crippen LogP contribution in [0.2, 0.25) is 0 Å². The van der Waals surface area contributed by atoms with Crippen molar-refractivity contribution in [3.63, 3.8) is 0 Å². The number of aliphatic hydroxyl groups is 1. The minimum atomic E-state index is -0.464. The summed E-state index contributed by atoms with van der Waals surface area (Å²) in [6, 6.07) is 9.50. The van der Waals surface area contributed by atoms with Crippen LogP contribution in [0.15, 0.2) is 30.3 Å². The van der Waals surface area contributed by atoms with Crippen LogP contribution in [0.1, 0.15) is 12.5 Å². The molecular formula is C12H14O3S2. The summed E-state index contributed by atoms with van der Waals surface area (Å²) in [4.78, 5) is 11.3. The molecule has 0 fully saturated rings. The Kier molecular flexibility index (Phi) is 6.18. The first-order valence-corrected chi connectivity index (χ1v) is 6.55. The molecular weight excluding hydrogens is 256 g/mol. The third kappa shape index (κ3) is 5.30. The van der Waals surface area contributed by atoms with E-state index in [0.29, 0.717) is 4.20 Å². The maximum absolute atomic E-state index is 11.3. The standard InChI is InChI=1S/C12H14O3S2/c1-9(7-13)15-11(14)8-17-12(16)10-5-3-2-4-6-10/h2-6,9,13H,7-8H2,1H3. The molecule has 3 nitrogen and oxygen atoms in total. The van der Waals surface area contributed by atoms with Gasteiger partial charge in [0.15, 0.2) is 0 Å². The molecule has 0 bridgehead atoms. The zero-order chi connectivity index (χ0) is 12.7. The number of rotatable bonds is 5. The van der Waals surface area contributed by atoms with Crippen LogP contribution >= 0.6 is 24.0 Å². The predicted molar refractivity (Wildman–Crippen MR) is 73.2 cm³/mol. The lowest BCUT2D eigenvalue weighted by Gasteiger charge is -2.10. The lowest BCUT2D eigenvalue weighted by Crippen LogP contribution is -2.20. The van der Waals surface area contributed by atoms with Gasteiger partial charge in [-0.05, 0) is 12.5 Å². The van der Waals surface area contributed by atoms with E-state index in [1.165, 1.54) is 11.8 Å². The molecule has 1 rings (SSSR count). The molecule has 0 radical (unpaired) electrons. The molecule has 1 N–H and O–H groups in total. The largest absolute Gasteiger partial charge is 0.460 e. The average molecular weight is 270 g/mol. The molecule has 0 spiro atoms. The summed E-state index contributed by atoms with van der Waals surface area (Å²) in [5, 5.41) is 8.73. The fraction of sp³-hybridized carbons (Fsp3) is 0.333. The second-order valence-corrected chi connectivity index (χ2v) is 5.08. The van der Waals surface area contributed by atoms with E-state index >= 15 is 0 Å². The molecule has 0 aliphatic rings. The molecule has 5 heteroatoms. The molecule has 0 saturated heterocycles. The molecule has 0 aliphatic heterocycles. The van der Waals surface area contributed by atoms with E-state index in [9.17, 15) is 4.79 Å². The Hall–Kier alpha value is -0.910. The lowest BCUT2D eigenvalue weighted by molar-refractivity contribution is -0.146. The van der Waals surface area contributed by atoms with Gasteiger partial charge < -0.3 is 9.84 Å². The van der Waals surface area contributed by atoms with Crippen molar-refractivity contribution in [3.8, 4) is 0 Å². The normalized spacial score (nSPS) is 11.9. The van der Waals surface area contributed by atoms with Crippen LogP contribution < -0.4 is 0 Å². The Labute approximate surface area is 110 Å². The summed E-state index contributed by atoms with van der Waals surface area (Å²) in [7, 11) is 0. The Morgan fingerprint density at radius 3 is 2.71 bits per heavy atom. The number of carbonyl (C=O) groups excluding carboxylic acids is 1. The summed E-state index contributed by atoms with van der Waals surface area (Å²) in [6.45, 7) is 1.47. The zero-order valence-corrected chi connectivity index (χ0v) is 11.1. The monoisotopic (exact) mass is 270 g/mol. The van der Waals surface area contributed by atoms with E-state index in [0.717, 1.165) is 5.56 Å². The first-order chi connectivity index (χ1) is 8.13. The topological polar surface area (TPSA) is 46.5 Å². The van der Waals surface area contributed by atoms with E-state index in [2.05, 4.69) is 0 Å². The first-order valence-electron chi connectivity index (χ1n) is 5.16. The van der Waals surface area contributed by atoms with Crippen molar-refractivity contribution < 1.29 is 14.6 Å². The number of thiocarbonyl (C=S) groups is 1. The Morgan fingerprint density at radius 2 is 2.12 bits per heavy atom. The van der Waals surface area contributed by atoms with Crippen molar-refractivity contribution in [2.75, 3.05) is 12.4 Å². The van der Waals surface area contributed by atoms with E-state index in [1.807, 2.05) is 30.3 Å². The molecule has 0 saturated carbocycles. The third-order valence-corrected chi connectivity index (χ3v) is 3.39. The van der Waals surface area contributed by atoms with Gasteiger partial charge in [0.2, 0.25) is 0 Å². The number of carbonyl (C=O) groups is 1. The van der Waals surface area contributed by atoms with E-state index in [4.69, 9.17) is 22.1 Å². The fourth-order valence-corrected chi connectivity index (χ4v) is 2.01. The van der Waals surface area contributed by atoms with Gasteiger partial charge in [0.25, 0.3) is 0 Å². The highest BCUT2D eigenvalue weighted by atomic mass is 32.2. The number of thioether (sulfide) groups is 1. The van der Waals surface area contributed by atoms with Gasteiger partial charge in [-0.2, -0.15) is 0 Å². The number of esters is 1. The van der Waals surface area contributed by atoms with E-state index in [1.54, 1.807) is 6.92 Å². The smallest absolute Gasteiger partial charge is 0.316 e. The Morgan fingerprint density at radius 1 is 1.47 bits per heavy atom. The number of benzene rings is 1. The van der Waals surface area contributed by atoms with Crippen molar-refractivity contribution in [2.45, 2.75) is 13.0 Å². The Balaban J connectivity index is 2.36. The highest BCUT2D eigenvalue weighted by Crippen LogP contribution is 2.14. The highest BCUT2D eigenvalue weighted by molar-refractivity contribution is 8.24. The molecule has 1 atom stereocenters. The summed E-state index contributed by atoms with van der Waals surface area (Å²) in [5.41, 5.74) is 0.926. The lowest BCUT2D eigenvalue weighted by atomic mass is 10.2. The van der Waals surface area contributed by atoms with Crippen LogP contribution in [-0.2, 0) is 9.53 Å². The third-order valence-electron chi connectivity index (χ3n) is 1.92. The SMILES string of the molecule is CC(CO)OC(=O)CSC(=S)c1ccccc1. The minimum Gasteiger partial charge on any atom is -0.460 e. The maximum atomic E-state index is 11.3. The highest BCUT2D eigenvalue weighted by Gasteiger charge is 2.10. The molecule has 1 unspecified atom stereocenters.